The van der Waals surface area contributed by atoms with Crippen molar-refractivity contribution >= 4 is 27.5 Å². The second-order valence-electron chi connectivity index (χ2n) is 4.70. The number of fused-ring (bicyclic) bond motifs is 1. The number of rotatable bonds is 5. The number of carbonyl (C=O) groups excluding carboxylic acids is 1. The van der Waals surface area contributed by atoms with Gasteiger partial charge < -0.3 is 9.47 Å². The van der Waals surface area contributed by atoms with Crippen molar-refractivity contribution in [3.8, 4) is 0 Å². The predicted molar refractivity (Wildman–Crippen MR) is 84.0 cm³/mol. The van der Waals surface area contributed by atoms with Crippen molar-refractivity contribution < 1.29 is 14.3 Å². The molecule has 2 aromatic rings. The van der Waals surface area contributed by atoms with Gasteiger partial charge in [0.05, 0.1) is 25.6 Å². The summed E-state index contributed by atoms with van der Waals surface area (Å²) in [6.07, 6.45) is 0. The van der Waals surface area contributed by atoms with Gasteiger partial charge in [-0.2, -0.15) is 0 Å². The second-order valence-corrected chi connectivity index (χ2v) is 5.70. The highest BCUT2D eigenvalue weighted by Crippen LogP contribution is 2.28. The lowest BCUT2D eigenvalue weighted by Crippen LogP contribution is -2.39. The van der Waals surface area contributed by atoms with Crippen LogP contribution in [-0.2, 0) is 22.6 Å². The molecule has 0 atom stereocenters. The molecule has 0 bridgehead atoms. The molecule has 2 aromatic heterocycles. The largest absolute Gasteiger partial charge is 0.465 e. The third kappa shape index (κ3) is 2.48. The molecule has 0 saturated carbocycles. The quantitative estimate of drug-likeness (QED) is 0.766. The zero-order valence-corrected chi connectivity index (χ0v) is 13.8. The van der Waals surface area contributed by atoms with Gasteiger partial charge in [0.25, 0.3) is 5.56 Å². The third-order valence-electron chi connectivity index (χ3n) is 3.50. The van der Waals surface area contributed by atoms with E-state index in [-0.39, 0.29) is 12.1 Å². The normalized spacial score (nSPS) is 11.1. The van der Waals surface area contributed by atoms with Gasteiger partial charge in [-0.05, 0) is 19.4 Å². The molecule has 22 heavy (non-hydrogen) atoms. The van der Waals surface area contributed by atoms with E-state index in [4.69, 9.17) is 9.47 Å². The minimum Gasteiger partial charge on any atom is -0.465 e. The Labute approximate surface area is 130 Å². The van der Waals surface area contributed by atoms with E-state index < -0.39 is 11.7 Å². The summed E-state index contributed by atoms with van der Waals surface area (Å²) in [7, 11) is 2.83. The van der Waals surface area contributed by atoms with Crippen LogP contribution >= 0.6 is 11.3 Å². The maximum Gasteiger partial charge on any atom is 0.348 e. The molecule has 120 valence electrons. The molecule has 0 saturated heterocycles. The summed E-state index contributed by atoms with van der Waals surface area (Å²) >= 11 is 1.10. The molecule has 2 rings (SSSR count). The van der Waals surface area contributed by atoms with Gasteiger partial charge in [-0.1, -0.05) is 0 Å². The van der Waals surface area contributed by atoms with Crippen LogP contribution in [0.25, 0.3) is 10.2 Å². The average molecular weight is 326 g/mol. The van der Waals surface area contributed by atoms with Crippen molar-refractivity contribution in [3.63, 3.8) is 0 Å². The number of carbonyl (C=O) groups is 1. The molecule has 0 amide bonds. The van der Waals surface area contributed by atoms with E-state index in [0.29, 0.717) is 33.8 Å². The van der Waals surface area contributed by atoms with Crippen LogP contribution in [0, 0.1) is 6.92 Å². The van der Waals surface area contributed by atoms with Crippen molar-refractivity contribution in [2.75, 3.05) is 20.8 Å². The SMILES string of the molecule is CCn1c(=O)c2c(C)c(C(=O)OC)sc2n(CCOC)c1=O. The molecule has 0 aliphatic rings. The first-order chi connectivity index (χ1) is 10.5. The summed E-state index contributed by atoms with van der Waals surface area (Å²) in [4.78, 5) is 37.7. The minimum atomic E-state index is -0.508. The van der Waals surface area contributed by atoms with E-state index in [9.17, 15) is 14.4 Å². The van der Waals surface area contributed by atoms with Crippen molar-refractivity contribution in [1.82, 2.24) is 9.13 Å². The van der Waals surface area contributed by atoms with Gasteiger partial charge in [0.1, 0.15) is 9.71 Å². The van der Waals surface area contributed by atoms with Crippen molar-refractivity contribution in [3.05, 3.63) is 31.3 Å². The summed E-state index contributed by atoms with van der Waals surface area (Å²) in [6.45, 7) is 4.34. The van der Waals surface area contributed by atoms with Gasteiger partial charge >= 0.3 is 11.7 Å². The van der Waals surface area contributed by atoms with E-state index in [1.165, 1.54) is 23.4 Å². The Morgan fingerprint density at radius 2 is 1.91 bits per heavy atom. The second kappa shape index (κ2) is 6.45. The molecule has 2 heterocycles. The fraction of sp³-hybridized carbons (Fsp3) is 0.500. The topological polar surface area (TPSA) is 79.5 Å². The molecule has 8 heteroatoms. The van der Waals surface area contributed by atoms with Crippen LogP contribution < -0.4 is 11.2 Å². The molecule has 0 spiro atoms. The van der Waals surface area contributed by atoms with E-state index in [2.05, 4.69) is 0 Å². The third-order valence-corrected chi connectivity index (χ3v) is 4.80. The van der Waals surface area contributed by atoms with Crippen LogP contribution in [0.5, 0.6) is 0 Å². The van der Waals surface area contributed by atoms with Gasteiger partial charge in [0.2, 0.25) is 0 Å². The van der Waals surface area contributed by atoms with E-state index in [0.717, 1.165) is 11.3 Å². The molecular weight excluding hydrogens is 308 g/mol. The Kier molecular flexibility index (Phi) is 4.82. The molecule has 0 N–H and O–H groups in total. The fourth-order valence-corrected chi connectivity index (χ4v) is 3.58. The first-order valence-corrected chi connectivity index (χ1v) is 7.63. The van der Waals surface area contributed by atoms with Crippen molar-refractivity contribution in [2.24, 2.45) is 0 Å². The Balaban J connectivity index is 2.90. The van der Waals surface area contributed by atoms with Crippen LogP contribution in [0.15, 0.2) is 9.59 Å². The number of hydrogen-bond donors (Lipinski definition) is 0. The van der Waals surface area contributed by atoms with Gasteiger partial charge in [-0.3, -0.25) is 13.9 Å². The lowest BCUT2D eigenvalue weighted by molar-refractivity contribution is 0.0605. The zero-order chi connectivity index (χ0) is 16.4. The molecule has 0 radical (unpaired) electrons. The van der Waals surface area contributed by atoms with Gasteiger partial charge in [-0.25, -0.2) is 9.59 Å². The maximum absolute atomic E-state index is 12.5. The molecular formula is C14H18N2O5S. The smallest absolute Gasteiger partial charge is 0.348 e. The van der Waals surface area contributed by atoms with Gasteiger partial charge in [0, 0.05) is 13.7 Å². The Bertz CT molecular complexity index is 830. The summed E-state index contributed by atoms with van der Waals surface area (Å²) < 4.78 is 12.4. The lowest BCUT2D eigenvalue weighted by Gasteiger charge is -2.10. The summed E-state index contributed by atoms with van der Waals surface area (Å²) in [5.41, 5.74) is -0.222. The standard InChI is InChI=1S/C14H18N2O5S/c1-5-15-11(17)9-8(2)10(13(18)21-4)22-12(9)16(14(15)19)6-7-20-3/h5-7H2,1-4H3. The molecule has 0 unspecified atom stereocenters. The number of thiophene rings is 1. The Morgan fingerprint density at radius 3 is 2.45 bits per heavy atom. The van der Waals surface area contributed by atoms with Crippen LogP contribution in [0.4, 0.5) is 0 Å². The maximum atomic E-state index is 12.5. The van der Waals surface area contributed by atoms with Crippen LogP contribution in [0.2, 0.25) is 0 Å². The average Bonchev–Trinajstić information content (AvgIpc) is 2.84. The van der Waals surface area contributed by atoms with Crippen LogP contribution in [0.1, 0.15) is 22.2 Å². The van der Waals surface area contributed by atoms with Crippen LogP contribution in [0.3, 0.4) is 0 Å². The first kappa shape index (κ1) is 16.4. The molecule has 7 nitrogen and oxygen atoms in total. The van der Waals surface area contributed by atoms with Gasteiger partial charge in [0.15, 0.2) is 0 Å². The lowest BCUT2D eigenvalue weighted by atomic mass is 10.2. The Hall–Kier alpha value is -1.93. The number of esters is 1. The van der Waals surface area contributed by atoms with Gasteiger partial charge in [-0.15, -0.1) is 11.3 Å². The summed E-state index contributed by atoms with van der Waals surface area (Å²) in [5, 5.41) is 0.392. The first-order valence-electron chi connectivity index (χ1n) is 6.81. The highest BCUT2D eigenvalue weighted by atomic mass is 32.1. The number of aromatic nitrogens is 2. The molecule has 0 aromatic carbocycles. The molecule has 0 fully saturated rings. The zero-order valence-electron chi connectivity index (χ0n) is 13.0. The summed E-state index contributed by atoms with van der Waals surface area (Å²) in [5.74, 6) is -0.508. The highest BCUT2D eigenvalue weighted by molar-refractivity contribution is 7.20. The van der Waals surface area contributed by atoms with Crippen molar-refractivity contribution in [1.29, 1.82) is 0 Å². The number of nitrogens with zero attached hydrogens (tertiary/aromatic N) is 2. The predicted octanol–water partition coefficient (Wildman–Crippen LogP) is 0.986. The number of aryl methyl sites for hydroxylation is 1. The summed E-state index contributed by atoms with van der Waals surface area (Å²) in [6, 6.07) is 0. The number of hydrogen-bond acceptors (Lipinski definition) is 6. The molecule has 0 aliphatic heterocycles. The molecule has 0 aliphatic carbocycles. The van der Waals surface area contributed by atoms with E-state index >= 15 is 0 Å². The fourth-order valence-electron chi connectivity index (χ4n) is 2.34. The van der Waals surface area contributed by atoms with E-state index in [1.807, 2.05) is 0 Å². The number of ether oxygens (including phenoxy) is 2. The van der Waals surface area contributed by atoms with Crippen LogP contribution in [-0.4, -0.2) is 35.9 Å². The van der Waals surface area contributed by atoms with E-state index in [1.54, 1.807) is 13.8 Å². The Morgan fingerprint density at radius 1 is 1.23 bits per heavy atom. The minimum absolute atomic E-state index is 0.267. The van der Waals surface area contributed by atoms with Crippen molar-refractivity contribution in [2.45, 2.75) is 26.9 Å². The highest BCUT2D eigenvalue weighted by Gasteiger charge is 2.22. The monoisotopic (exact) mass is 326 g/mol. The number of methoxy groups -OCH3 is 2.